The minimum Gasteiger partial charge on any atom is -0.373 e. The molecule has 142 valence electrons. The molecule has 1 aliphatic heterocycles. The first-order chi connectivity index (χ1) is 13.1. The highest BCUT2D eigenvalue weighted by atomic mass is 35.5. The van der Waals surface area contributed by atoms with Crippen molar-refractivity contribution in [2.75, 3.05) is 13.2 Å². The molecule has 1 saturated heterocycles. The molecular formula is C21H21Cl2NO3. The van der Waals surface area contributed by atoms with Gasteiger partial charge in [-0.3, -0.25) is 4.79 Å². The van der Waals surface area contributed by atoms with Crippen LogP contribution in [-0.2, 0) is 9.47 Å². The van der Waals surface area contributed by atoms with Crippen LogP contribution >= 0.6 is 23.2 Å². The summed E-state index contributed by atoms with van der Waals surface area (Å²) in [5.74, 6) is -0.0594. The van der Waals surface area contributed by atoms with Crippen LogP contribution in [-0.4, -0.2) is 37.4 Å². The summed E-state index contributed by atoms with van der Waals surface area (Å²) in [6, 6.07) is 13.1. The van der Waals surface area contributed by atoms with Crippen molar-refractivity contribution in [1.29, 1.82) is 0 Å². The SMILES string of the molecule is O=C(N[C@@H]1CC[C@H]2OCCO[C@H]2C1)c1ccc(-c2ccc(Cl)c(Cl)c2)cc1. The van der Waals surface area contributed by atoms with Crippen molar-refractivity contribution in [1.82, 2.24) is 5.32 Å². The lowest BCUT2D eigenvalue weighted by Gasteiger charge is -2.39. The van der Waals surface area contributed by atoms with E-state index in [1.807, 2.05) is 36.4 Å². The summed E-state index contributed by atoms with van der Waals surface area (Å²) in [5, 5.41) is 4.17. The Morgan fingerprint density at radius 3 is 2.33 bits per heavy atom. The number of carbonyl (C=O) groups excluding carboxylic acids is 1. The number of benzene rings is 2. The maximum atomic E-state index is 12.6. The zero-order valence-electron chi connectivity index (χ0n) is 14.8. The van der Waals surface area contributed by atoms with Crippen LogP contribution in [0.2, 0.25) is 10.0 Å². The topological polar surface area (TPSA) is 47.6 Å². The van der Waals surface area contributed by atoms with E-state index in [9.17, 15) is 4.79 Å². The Morgan fingerprint density at radius 1 is 0.889 bits per heavy atom. The van der Waals surface area contributed by atoms with Crippen molar-refractivity contribution >= 4 is 29.1 Å². The van der Waals surface area contributed by atoms with Gasteiger partial charge < -0.3 is 14.8 Å². The second-order valence-electron chi connectivity index (χ2n) is 7.01. The van der Waals surface area contributed by atoms with E-state index in [0.29, 0.717) is 28.8 Å². The van der Waals surface area contributed by atoms with Crippen molar-refractivity contribution < 1.29 is 14.3 Å². The Kier molecular flexibility index (Phi) is 5.69. The lowest BCUT2D eigenvalue weighted by molar-refractivity contribution is -0.157. The molecule has 0 radical (unpaired) electrons. The third-order valence-corrected chi connectivity index (χ3v) is 5.95. The second-order valence-corrected chi connectivity index (χ2v) is 7.82. The van der Waals surface area contributed by atoms with Gasteiger partial charge in [0.15, 0.2) is 0 Å². The van der Waals surface area contributed by atoms with Crippen molar-refractivity contribution in [2.45, 2.75) is 37.5 Å². The molecule has 1 N–H and O–H groups in total. The van der Waals surface area contributed by atoms with Gasteiger partial charge in [-0.15, -0.1) is 0 Å². The van der Waals surface area contributed by atoms with Gasteiger partial charge in [0.05, 0.1) is 35.5 Å². The average Bonchev–Trinajstić information content (AvgIpc) is 2.70. The molecule has 1 amide bonds. The first-order valence-electron chi connectivity index (χ1n) is 9.20. The molecule has 2 fully saturated rings. The fourth-order valence-corrected chi connectivity index (χ4v) is 4.05. The largest absolute Gasteiger partial charge is 0.373 e. The molecule has 2 aromatic rings. The lowest BCUT2D eigenvalue weighted by atomic mass is 9.89. The van der Waals surface area contributed by atoms with Gasteiger partial charge in [0.1, 0.15) is 0 Å². The highest BCUT2D eigenvalue weighted by Crippen LogP contribution is 2.29. The summed E-state index contributed by atoms with van der Waals surface area (Å²) in [4.78, 5) is 12.6. The number of nitrogens with one attached hydrogen (secondary N) is 1. The number of ether oxygens (including phenoxy) is 2. The monoisotopic (exact) mass is 405 g/mol. The number of hydrogen-bond acceptors (Lipinski definition) is 3. The van der Waals surface area contributed by atoms with E-state index in [2.05, 4.69) is 5.32 Å². The van der Waals surface area contributed by atoms with Gasteiger partial charge in [-0.25, -0.2) is 0 Å². The molecule has 2 aromatic carbocycles. The molecule has 0 unspecified atom stereocenters. The van der Waals surface area contributed by atoms with Crippen LogP contribution in [0.4, 0.5) is 0 Å². The molecule has 0 spiro atoms. The van der Waals surface area contributed by atoms with Gasteiger partial charge in [-0.2, -0.15) is 0 Å². The molecule has 0 bridgehead atoms. The smallest absolute Gasteiger partial charge is 0.251 e. The first kappa shape index (κ1) is 18.8. The third kappa shape index (κ3) is 4.30. The lowest BCUT2D eigenvalue weighted by Crippen LogP contribution is -2.49. The predicted octanol–water partition coefficient (Wildman–Crippen LogP) is 4.73. The quantitative estimate of drug-likeness (QED) is 0.802. The van der Waals surface area contributed by atoms with Gasteiger partial charge in [0.2, 0.25) is 0 Å². The number of halogens is 2. The van der Waals surface area contributed by atoms with E-state index in [0.717, 1.165) is 30.4 Å². The van der Waals surface area contributed by atoms with Crippen molar-refractivity contribution in [3.8, 4) is 11.1 Å². The van der Waals surface area contributed by atoms with E-state index in [-0.39, 0.29) is 24.2 Å². The van der Waals surface area contributed by atoms with Crippen molar-refractivity contribution in [3.63, 3.8) is 0 Å². The summed E-state index contributed by atoms with van der Waals surface area (Å²) >= 11 is 12.1. The van der Waals surface area contributed by atoms with Gasteiger partial charge >= 0.3 is 0 Å². The van der Waals surface area contributed by atoms with Crippen LogP contribution in [0.1, 0.15) is 29.6 Å². The highest BCUT2D eigenvalue weighted by molar-refractivity contribution is 6.42. The Hall–Kier alpha value is -1.59. The summed E-state index contributed by atoms with van der Waals surface area (Å²) in [6.07, 6.45) is 2.91. The fourth-order valence-electron chi connectivity index (χ4n) is 3.76. The molecule has 1 saturated carbocycles. The van der Waals surface area contributed by atoms with E-state index >= 15 is 0 Å². The molecule has 1 heterocycles. The Morgan fingerprint density at radius 2 is 1.59 bits per heavy atom. The summed E-state index contributed by atoms with van der Waals surface area (Å²) < 4.78 is 11.5. The van der Waals surface area contributed by atoms with Crippen molar-refractivity contribution in [3.05, 3.63) is 58.1 Å². The number of amides is 1. The second kappa shape index (κ2) is 8.19. The minimum atomic E-state index is -0.0594. The molecule has 0 aromatic heterocycles. The number of fused-ring (bicyclic) bond motifs is 1. The molecule has 27 heavy (non-hydrogen) atoms. The van der Waals surface area contributed by atoms with Crippen LogP contribution in [0.25, 0.3) is 11.1 Å². The van der Waals surface area contributed by atoms with E-state index < -0.39 is 0 Å². The van der Waals surface area contributed by atoms with Gasteiger partial charge in [0, 0.05) is 11.6 Å². The standard InChI is InChI=1S/C21H21Cl2NO3/c22-17-7-5-15(11-18(17)23)13-1-3-14(4-2-13)21(25)24-16-6-8-19-20(12-16)27-10-9-26-19/h1-5,7,11,16,19-20H,6,8-10,12H2,(H,24,25)/t16-,19-,20+/m1/s1. The molecule has 2 aliphatic rings. The van der Waals surface area contributed by atoms with Crippen LogP contribution in [0, 0.1) is 0 Å². The predicted molar refractivity (Wildman–Crippen MR) is 106 cm³/mol. The zero-order chi connectivity index (χ0) is 18.8. The number of carbonyl (C=O) groups is 1. The van der Waals surface area contributed by atoms with Crippen molar-refractivity contribution in [2.24, 2.45) is 0 Å². The van der Waals surface area contributed by atoms with E-state index in [4.69, 9.17) is 32.7 Å². The Balaban J connectivity index is 1.39. The Bertz CT molecular complexity index is 825. The normalized spacial score (nSPS) is 24.9. The highest BCUT2D eigenvalue weighted by Gasteiger charge is 2.34. The molecule has 4 nitrogen and oxygen atoms in total. The molecule has 1 aliphatic carbocycles. The van der Waals surface area contributed by atoms with Crippen LogP contribution in [0.5, 0.6) is 0 Å². The summed E-state index contributed by atoms with van der Waals surface area (Å²) in [7, 11) is 0. The van der Waals surface area contributed by atoms with Crippen LogP contribution in [0.3, 0.4) is 0 Å². The maximum Gasteiger partial charge on any atom is 0.251 e. The van der Waals surface area contributed by atoms with Gasteiger partial charge in [-0.1, -0.05) is 41.4 Å². The zero-order valence-corrected chi connectivity index (χ0v) is 16.3. The number of hydrogen-bond donors (Lipinski definition) is 1. The minimum absolute atomic E-state index is 0.0594. The van der Waals surface area contributed by atoms with Crippen LogP contribution in [0.15, 0.2) is 42.5 Å². The third-order valence-electron chi connectivity index (χ3n) is 5.21. The fraction of sp³-hybridized carbons (Fsp3) is 0.381. The molecule has 6 heteroatoms. The van der Waals surface area contributed by atoms with E-state index in [1.54, 1.807) is 6.07 Å². The Labute approximate surface area is 168 Å². The maximum absolute atomic E-state index is 12.6. The van der Waals surface area contributed by atoms with Gasteiger partial charge in [0.25, 0.3) is 5.91 Å². The summed E-state index contributed by atoms with van der Waals surface area (Å²) in [6.45, 7) is 1.31. The molecule has 3 atom stereocenters. The first-order valence-corrected chi connectivity index (χ1v) is 9.95. The average molecular weight is 406 g/mol. The van der Waals surface area contributed by atoms with Gasteiger partial charge in [-0.05, 0) is 54.7 Å². The van der Waals surface area contributed by atoms with E-state index in [1.165, 1.54) is 0 Å². The summed E-state index contributed by atoms with van der Waals surface area (Å²) in [5.41, 5.74) is 2.59. The molecular weight excluding hydrogens is 385 g/mol. The molecule has 4 rings (SSSR count). The van der Waals surface area contributed by atoms with Crippen LogP contribution < -0.4 is 5.32 Å². The number of rotatable bonds is 3.